The number of ether oxygens (including phenoxy) is 1. The van der Waals surface area contributed by atoms with Gasteiger partial charge in [0.2, 0.25) is 5.88 Å². The van der Waals surface area contributed by atoms with Gasteiger partial charge in [0, 0.05) is 43.2 Å². The number of hydrogen-bond donors (Lipinski definition) is 1. The van der Waals surface area contributed by atoms with Gasteiger partial charge in [0.15, 0.2) is 0 Å². The highest BCUT2D eigenvalue weighted by atomic mass is 19.1. The smallest absolute Gasteiger partial charge is 0.265 e. The Kier molecular flexibility index (Phi) is 6.21. The molecule has 1 N–H and O–H groups in total. The van der Waals surface area contributed by atoms with Gasteiger partial charge >= 0.3 is 0 Å². The molecular formula is C23H24FN3O3. The van der Waals surface area contributed by atoms with Gasteiger partial charge in [0.1, 0.15) is 5.82 Å². The standard InChI is InChI=1S/C23H24FN3O3/c24-17-6-8-18(9-7-17)27-22(28)20-5-2-1-4-19(20)21(23(27)29)16-25-10-3-11-26-12-14-30-15-13-26/h1-2,4-9,16,29H,3,10-15H2. The molecule has 1 fully saturated rings. The predicted octanol–water partition coefficient (Wildman–Crippen LogP) is 2.98. The number of rotatable bonds is 6. The van der Waals surface area contributed by atoms with Gasteiger partial charge in [-0.1, -0.05) is 18.2 Å². The zero-order valence-electron chi connectivity index (χ0n) is 16.6. The molecule has 0 spiro atoms. The van der Waals surface area contributed by atoms with Crippen LogP contribution in [0.15, 0.2) is 58.3 Å². The lowest BCUT2D eigenvalue weighted by molar-refractivity contribution is 0.0377. The Bertz CT molecular complexity index is 1100. The maximum absolute atomic E-state index is 13.3. The molecule has 0 atom stereocenters. The highest BCUT2D eigenvalue weighted by molar-refractivity contribution is 6.01. The fraction of sp³-hybridized carbons (Fsp3) is 0.304. The van der Waals surface area contributed by atoms with E-state index in [0.29, 0.717) is 28.6 Å². The molecule has 2 heterocycles. The highest BCUT2D eigenvalue weighted by Gasteiger charge is 2.16. The van der Waals surface area contributed by atoms with Gasteiger partial charge in [-0.15, -0.1) is 0 Å². The predicted molar refractivity (Wildman–Crippen MR) is 116 cm³/mol. The number of halogens is 1. The monoisotopic (exact) mass is 409 g/mol. The van der Waals surface area contributed by atoms with Crippen molar-refractivity contribution in [3.05, 3.63) is 70.3 Å². The van der Waals surface area contributed by atoms with Crippen molar-refractivity contribution in [3.8, 4) is 11.6 Å². The van der Waals surface area contributed by atoms with Crippen LogP contribution >= 0.6 is 0 Å². The van der Waals surface area contributed by atoms with Crippen LogP contribution in [0.1, 0.15) is 12.0 Å². The number of morpholine rings is 1. The first-order valence-electron chi connectivity index (χ1n) is 10.1. The Balaban J connectivity index is 1.63. The minimum absolute atomic E-state index is 0.206. The number of hydrogen-bond acceptors (Lipinski definition) is 5. The normalized spacial score (nSPS) is 15.2. The third-order valence-electron chi connectivity index (χ3n) is 5.27. The van der Waals surface area contributed by atoms with Gasteiger partial charge in [0.25, 0.3) is 5.56 Å². The van der Waals surface area contributed by atoms with Crippen LogP contribution in [0.3, 0.4) is 0 Å². The van der Waals surface area contributed by atoms with Crippen LogP contribution in [0.4, 0.5) is 4.39 Å². The van der Waals surface area contributed by atoms with Crippen molar-refractivity contribution in [3.63, 3.8) is 0 Å². The summed E-state index contributed by atoms with van der Waals surface area (Å²) < 4.78 is 19.9. The second-order valence-electron chi connectivity index (χ2n) is 7.24. The fourth-order valence-corrected chi connectivity index (χ4v) is 3.69. The Hall–Kier alpha value is -3.03. The van der Waals surface area contributed by atoms with Gasteiger partial charge in [-0.05, 0) is 36.8 Å². The van der Waals surface area contributed by atoms with Crippen molar-refractivity contribution in [1.82, 2.24) is 9.47 Å². The van der Waals surface area contributed by atoms with Crippen LogP contribution in [0.5, 0.6) is 5.88 Å². The minimum Gasteiger partial charge on any atom is -0.494 e. The van der Waals surface area contributed by atoms with E-state index in [2.05, 4.69) is 9.89 Å². The van der Waals surface area contributed by atoms with Crippen LogP contribution < -0.4 is 5.56 Å². The zero-order chi connectivity index (χ0) is 20.9. The Labute approximate surface area is 173 Å². The van der Waals surface area contributed by atoms with Crippen molar-refractivity contribution in [2.24, 2.45) is 4.99 Å². The van der Waals surface area contributed by atoms with Crippen molar-refractivity contribution < 1.29 is 14.2 Å². The lowest BCUT2D eigenvalue weighted by Crippen LogP contribution is -2.37. The Morgan fingerprint density at radius 2 is 1.77 bits per heavy atom. The molecule has 1 saturated heterocycles. The summed E-state index contributed by atoms with van der Waals surface area (Å²) in [4.78, 5) is 19.8. The Morgan fingerprint density at radius 3 is 2.50 bits per heavy atom. The van der Waals surface area contributed by atoms with Crippen molar-refractivity contribution in [2.45, 2.75) is 6.42 Å². The van der Waals surface area contributed by atoms with E-state index in [1.54, 1.807) is 24.4 Å². The molecule has 6 nitrogen and oxygen atoms in total. The van der Waals surface area contributed by atoms with Gasteiger partial charge in [-0.2, -0.15) is 0 Å². The fourth-order valence-electron chi connectivity index (χ4n) is 3.69. The van der Waals surface area contributed by atoms with Crippen molar-refractivity contribution in [2.75, 3.05) is 39.4 Å². The number of fused-ring (bicyclic) bond motifs is 1. The molecule has 0 unspecified atom stereocenters. The van der Waals surface area contributed by atoms with E-state index in [1.807, 2.05) is 6.07 Å². The van der Waals surface area contributed by atoms with E-state index >= 15 is 0 Å². The molecule has 156 valence electrons. The molecule has 7 heteroatoms. The lowest BCUT2D eigenvalue weighted by Gasteiger charge is -2.26. The number of aromatic hydroxyl groups is 1. The number of benzene rings is 2. The molecule has 0 aliphatic carbocycles. The van der Waals surface area contributed by atoms with Crippen LogP contribution in [0.25, 0.3) is 16.5 Å². The van der Waals surface area contributed by atoms with Crippen molar-refractivity contribution >= 4 is 17.0 Å². The lowest BCUT2D eigenvalue weighted by atomic mass is 10.1. The first-order valence-corrected chi connectivity index (χ1v) is 10.1. The summed E-state index contributed by atoms with van der Waals surface area (Å²) in [5.74, 6) is -0.614. The summed E-state index contributed by atoms with van der Waals surface area (Å²) in [6.07, 6.45) is 2.52. The average molecular weight is 409 g/mol. The number of pyridine rings is 1. The van der Waals surface area contributed by atoms with E-state index in [-0.39, 0.29) is 11.4 Å². The van der Waals surface area contributed by atoms with Crippen LogP contribution in [0.2, 0.25) is 0 Å². The molecule has 1 aliphatic heterocycles. The summed E-state index contributed by atoms with van der Waals surface area (Å²) in [6, 6.07) is 12.6. The number of aromatic nitrogens is 1. The average Bonchev–Trinajstić information content (AvgIpc) is 2.77. The van der Waals surface area contributed by atoms with E-state index in [9.17, 15) is 14.3 Å². The molecule has 1 aromatic heterocycles. The zero-order valence-corrected chi connectivity index (χ0v) is 16.6. The second-order valence-corrected chi connectivity index (χ2v) is 7.24. The molecule has 4 rings (SSSR count). The first-order chi connectivity index (χ1) is 14.6. The van der Waals surface area contributed by atoms with Crippen LogP contribution in [-0.2, 0) is 4.74 Å². The van der Waals surface area contributed by atoms with Gasteiger partial charge in [-0.25, -0.2) is 8.96 Å². The molecule has 0 radical (unpaired) electrons. The molecule has 3 aromatic rings. The molecule has 0 bridgehead atoms. The largest absolute Gasteiger partial charge is 0.494 e. The van der Waals surface area contributed by atoms with E-state index < -0.39 is 5.82 Å². The molecular weight excluding hydrogens is 385 g/mol. The number of aliphatic imine (C=N–C) groups is 1. The maximum atomic E-state index is 13.3. The summed E-state index contributed by atoms with van der Waals surface area (Å²) in [6.45, 7) is 4.99. The number of nitrogens with zero attached hydrogens (tertiary/aromatic N) is 3. The summed E-state index contributed by atoms with van der Waals surface area (Å²) in [5.41, 5.74) is 0.506. The molecule has 0 saturated carbocycles. The third kappa shape index (κ3) is 4.27. The van der Waals surface area contributed by atoms with Gasteiger partial charge in [-0.3, -0.25) is 14.7 Å². The topological polar surface area (TPSA) is 67.1 Å². The SMILES string of the molecule is O=c1c2ccccc2c(C=NCCCN2CCOCC2)c(O)n1-c1ccc(F)cc1. The minimum atomic E-state index is -0.408. The van der Waals surface area contributed by atoms with Crippen LogP contribution in [0, 0.1) is 5.82 Å². The molecule has 0 amide bonds. The Morgan fingerprint density at radius 1 is 1.07 bits per heavy atom. The highest BCUT2D eigenvalue weighted by Crippen LogP contribution is 2.26. The quantitative estimate of drug-likeness (QED) is 0.502. The van der Waals surface area contributed by atoms with E-state index in [0.717, 1.165) is 39.3 Å². The molecule has 1 aliphatic rings. The van der Waals surface area contributed by atoms with Crippen molar-refractivity contribution in [1.29, 1.82) is 0 Å². The third-order valence-corrected chi connectivity index (χ3v) is 5.27. The first kappa shape index (κ1) is 20.3. The van der Waals surface area contributed by atoms with E-state index in [4.69, 9.17) is 4.74 Å². The molecule has 2 aromatic carbocycles. The summed E-state index contributed by atoms with van der Waals surface area (Å²) >= 11 is 0. The van der Waals surface area contributed by atoms with E-state index in [1.165, 1.54) is 28.8 Å². The van der Waals surface area contributed by atoms with Crippen LogP contribution in [-0.4, -0.2) is 60.2 Å². The second kappa shape index (κ2) is 9.19. The summed E-state index contributed by atoms with van der Waals surface area (Å²) in [5, 5.41) is 12.0. The maximum Gasteiger partial charge on any atom is 0.265 e. The summed E-state index contributed by atoms with van der Waals surface area (Å²) in [7, 11) is 0. The van der Waals surface area contributed by atoms with Gasteiger partial charge in [0.05, 0.1) is 24.5 Å². The molecule has 30 heavy (non-hydrogen) atoms. The van der Waals surface area contributed by atoms with Gasteiger partial charge < -0.3 is 9.84 Å².